The van der Waals surface area contributed by atoms with Crippen molar-refractivity contribution in [3.63, 3.8) is 0 Å². The minimum atomic E-state index is -0.108. The molecular weight excluding hydrogens is 210 g/mol. The molecule has 0 unspecified atom stereocenters. The number of benzene rings is 1. The molecule has 2 aliphatic rings. The van der Waals surface area contributed by atoms with Gasteiger partial charge in [-0.05, 0) is 12.8 Å². The van der Waals surface area contributed by atoms with Crippen molar-refractivity contribution in [2.24, 2.45) is 0 Å². The Hall–Kier alpha value is -0.860. The SMILES string of the molecule is O[C@@H]1C[C@@H](c2ccccc2)[NH2+]C2(CCCC2)C1. The van der Waals surface area contributed by atoms with Crippen LogP contribution in [-0.2, 0) is 0 Å². The molecule has 2 fully saturated rings. The molecule has 1 saturated heterocycles. The number of rotatable bonds is 1. The predicted octanol–water partition coefficient (Wildman–Crippen LogP) is 1.76. The van der Waals surface area contributed by atoms with Crippen molar-refractivity contribution in [2.45, 2.75) is 56.2 Å². The number of quaternary nitrogens is 1. The zero-order chi connectivity index (χ0) is 11.7. The van der Waals surface area contributed by atoms with Crippen LogP contribution in [0.3, 0.4) is 0 Å². The molecule has 3 N–H and O–H groups in total. The number of hydrogen-bond acceptors (Lipinski definition) is 1. The molecule has 1 heterocycles. The highest BCUT2D eigenvalue weighted by Crippen LogP contribution is 2.35. The largest absolute Gasteiger partial charge is 0.393 e. The molecule has 3 rings (SSSR count). The van der Waals surface area contributed by atoms with Crippen LogP contribution in [0, 0.1) is 0 Å². The summed E-state index contributed by atoms with van der Waals surface area (Å²) in [5.41, 5.74) is 1.72. The zero-order valence-electron chi connectivity index (χ0n) is 10.3. The van der Waals surface area contributed by atoms with Gasteiger partial charge in [0, 0.05) is 31.2 Å². The van der Waals surface area contributed by atoms with Gasteiger partial charge in [-0.15, -0.1) is 0 Å². The maximum atomic E-state index is 10.1. The fourth-order valence-corrected chi connectivity index (χ4v) is 3.79. The minimum absolute atomic E-state index is 0.108. The van der Waals surface area contributed by atoms with Crippen molar-refractivity contribution < 1.29 is 10.4 Å². The standard InChI is InChI=1S/C15H21NO/c17-13-10-14(12-6-2-1-3-7-12)16-15(11-13)8-4-5-9-15/h1-3,6-7,13-14,16-17H,4-5,8-11H2/p+1/t13-,14+/m1/s1. The predicted molar refractivity (Wildman–Crippen MR) is 67.5 cm³/mol. The molecule has 1 aliphatic heterocycles. The maximum Gasteiger partial charge on any atom is 0.114 e. The van der Waals surface area contributed by atoms with Gasteiger partial charge in [-0.2, -0.15) is 0 Å². The normalized spacial score (nSPS) is 31.8. The first-order chi connectivity index (χ1) is 8.27. The van der Waals surface area contributed by atoms with Gasteiger partial charge in [-0.3, -0.25) is 0 Å². The molecule has 1 aromatic rings. The average molecular weight is 232 g/mol. The Labute approximate surface area is 103 Å². The molecule has 1 spiro atoms. The Morgan fingerprint density at radius 2 is 1.82 bits per heavy atom. The van der Waals surface area contributed by atoms with Gasteiger partial charge in [0.1, 0.15) is 6.04 Å². The molecule has 1 aromatic carbocycles. The van der Waals surface area contributed by atoms with Gasteiger partial charge in [0.25, 0.3) is 0 Å². The molecule has 17 heavy (non-hydrogen) atoms. The van der Waals surface area contributed by atoms with E-state index in [1.807, 2.05) is 0 Å². The van der Waals surface area contributed by atoms with E-state index in [0.717, 1.165) is 12.8 Å². The molecule has 2 heteroatoms. The van der Waals surface area contributed by atoms with Crippen molar-refractivity contribution in [1.29, 1.82) is 0 Å². The van der Waals surface area contributed by atoms with Crippen LogP contribution in [0.4, 0.5) is 0 Å². The summed E-state index contributed by atoms with van der Waals surface area (Å²) in [5.74, 6) is 0. The maximum absolute atomic E-state index is 10.1. The first-order valence-electron chi connectivity index (χ1n) is 6.86. The van der Waals surface area contributed by atoms with Crippen molar-refractivity contribution in [3.8, 4) is 0 Å². The molecule has 0 bridgehead atoms. The van der Waals surface area contributed by atoms with Crippen molar-refractivity contribution in [1.82, 2.24) is 0 Å². The smallest absolute Gasteiger partial charge is 0.114 e. The minimum Gasteiger partial charge on any atom is -0.393 e. The molecule has 1 aliphatic carbocycles. The van der Waals surface area contributed by atoms with Crippen LogP contribution in [-0.4, -0.2) is 16.7 Å². The number of nitrogens with two attached hydrogens (primary N) is 1. The molecule has 2 nitrogen and oxygen atoms in total. The molecule has 92 valence electrons. The lowest BCUT2D eigenvalue weighted by atomic mass is 9.81. The molecule has 0 amide bonds. The van der Waals surface area contributed by atoms with E-state index in [0.29, 0.717) is 11.6 Å². The van der Waals surface area contributed by atoms with E-state index in [1.54, 1.807) is 0 Å². The van der Waals surface area contributed by atoms with E-state index < -0.39 is 0 Å². The van der Waals surface area contributed by atoms with Crippen LogP contribution < -0.4 is 5.32 Å². The first kappa shape index (κ1) is 11.2. The Balaban J connectivity index is 1.82. The van der Waals surface area contributed by atoms with Crippen molar-refractivity contribution >= 4 is 0 Å². The van der Waals surface area contributed by atoms with E-state index >= 15 is 0 Å². The van der Waals surface area contributed by atoms with Gasteiger partial charge in [-0.1, -0.05) is 30.3 Å². The quantitative estimate of drug-likeness (QED) is 0.760. The lowest BCUT2D eigenvalue weighted by Gasteiger charge is -2.39. The van der Waals surface area contributed by atoms with Crippen LogP contribution in [0.1, 0.15) is 50.1 Å². The Morgan fingerprint density at radius 1 is 1.12 bits per heavy atom. The fourth-order valence-electron chi connectivity index (χ4n) is 3.79. The summed E-state index contributed by atoms with van der Waals surface area (Å²) in [4.78, 5) is 0. The van der Waals surface area contributed by atoms with Gasteiger partial charge in [0.2, 0.25) is 0 Å². The van der Waals surface area contributed by atoms with E-state index in [-0.39, 0.29) is 6.10 Å². The third-order valence-electron chi connectivity index (χ3n) is 4.55. The van der Waals surface area contributed by atoms with Gasteiger partial charge in [0.15, 0.2) is 0 Å². The number of aliphatic hydroxyl groups excluding tert-OH is 1. The van der Waals surface area contributed by atoms with Crippen molar-refractivity contribution in [2.75, 3.05) is 0 Å². The number of piperidine rings is 1. The summed E-state index contributed by atoms with van der Waals surface area (Å²) in [6.45, 7) is 0. The van der Waals surface area contributed by atoms with Gasteiger partial charge < -0.3 is 10.4 Å². The Morgan fingerprint density at radius 3 is 2.53 bits per heavy atom. The second kappa shape index (κ2) is 4.43. The zero-order valence-corrected chi connectivity index (χ0v) is 10.3. The van der Waals surface area contributed by atoms with E-state index in [4.69, 9.17) is 0 Å². The van der Waals surface area contributed by atoms with Gasteiger partial charge >= 0.3 is 0 Å². The Bertz CT molecular complexity index is 370. The highest BCUT2D eigenvalue weighted by atomic mass is 16.3. The summed E-state index contributed by atoms with van der Waals surface area (Å²) in [6.07, 6.45) is 7.04. The van der Waals surface area contributed by atoms with E-state index in [9.17, 15) is 5.11 Å². The highest BCUT2D eigenvalue weighted by molar-refractivity contribution is 5.18. The summed E-state index contributed by atoms with van der Waals surface area (Å²) in [5, 5.41) is 12.7. The van der Waals surface area contributed by atoms with Crippen LogP contribution in [0.15, 0.2) is 30.3 Å². The van der Waals surface area contributed by atoms with Crippen LogP contribution >= 0.6 is 0 Å². The molecule has 0 radical (unpaired) electrons. The summed E-state index contributed by atoms with van der Waals surface area (Å²) in [6, 6.07) is 11.1. The average Bonchev–Trinajstić information content (AvgIpc) is 2.77. The monoisotopic (exact) mass is 232 g/mol. The van der Waals surface area contributed by atoms with Crippen LogP contribution in [0.25, 0.3) is 0 Å². The summed E-state index contributed by atoms with van der Waals surface area (Å²) in [7, 11) is 0. The second-order valence-electron chi connectivity index (χ2n) is 5.85. The second-order valence-corrected chi connectivity index (χ2v) is 5.85. The summed E-state index contributed by atoms with van der Waals surface area (Å²) < 4.78 is 0. The highest BCUT2D eigenvalue weighted by Gasteiger charge is 2.45. The van der Waals surface area contributed by atoms with E-state index in [2.05, 4.69) is 35.6 Å². The van der Waals surface area contributed by atoms with Crippen molar-refractivity contribution in [3.05, 3.63) is 35.9 Å². The number of aliphatic hydroxyl groups is 1. The topological polar surface area (TPSA) is 36.8 Å². The molecule has 2 atom stereocenters. The van der Waals surface area contributed by atoms with E-state index in [1.165, 1.54) is 31.2 Å². The molecule has 1 saturated carbocycles. The first-order valence-corrected chi connectivity index (χ1v) is 6.86. The Kier molecular flexibility index (Phi) is 2.93. The van der Waals surface area contributed by atoms with Gasteiger partial charge in [-0.25, -0.2) is 0 Å². The summed E-state index contributed by atoms with van der Waals surface area (Å²) >= 11 is 0. The molecule has 0 aromatic heterocycles. The lowest BCUT2D eigenvalue weighted by Crippen LogP contribution is -2.99. The third kappa shape index (κ3) is 2.24. The molecular formula is C15H22NO+. The fraction of sp³-hybridized carbons (Fsp3) is 0.600. The number of hydrogen-bond donors (Lipinski definition) is 2. The van der Waals surface area contributed by atoms with Gasteiger partial charge in [0.05, 0.1) is 11.6 Å². The van der Waals surface area contributed by atoms with Crippen LogP contribution in [0.2, 0.25) is 0 Å². The lowest BCUT2D eigenvalue weighted by molar-refractivity contribution is -0.774. The van der Waals surface area contributed by atoms with Crippen LogP contribution in [0.5, 0.6) is 0 Å². The third-order valence-corrected chi connectivity index (χ3v) is 4.55.